The van der Waals surface area contributed by atoms with E-state index in [1.165, 1.54) is 122 Å². The lowest BCUT2D eigenvalue weighted by Crippen LogP contribution is -2.50. The van der Waals surface area contributed by atoms with Gasteiger partial charge in [0.05, 0.1) is 18.8 Å². The van der Waals surface area contributed by atoms with Gasteiger partial charge in [-0.25, -0.2) is 0 Å². The first-order chi connectivity index (χ1) is 21.6. The molecule has 1 amide bonds. The first kappa shape index (κ1) is 42.8. The zero-order valence-electron chi connectivity index (χ0n) is 29.3. The van der Waals surface area contributed by atoms with Gasteiger partial charge in [-0.2, -0.15) is 0 Å². The van der Waals surface area contributed by atoms with E-state index in [0.29, 0.717) is 12.8 Å². The van der Waals surface area contributed by atoms with E-state index in [-0.39, 0.29) is 12.5 Å². The van der Waals surface area contributed by atoms with Gasteiger partial charge in [0.25, 0.3) is 0 Å². The van der Waals surface area contributed by atoms with E-state index in [1.807, 2.05) is 0 Å². The Morgan fingerprint density at radius 3 is 1.39 bits per heavy atom. The van der Waals surface area contributed by atoms with E-state index in [4.69, 9.17) is 0 Å². The van der Waals surface area contributed by atoms with Gasteiger partial charge in [-0.05, 0) is 51.4 Å². The molecule has 0 rings (SSSR count). The number of allylic oxidation sites excluding steroid dienone is 4. The van der Waals surface area contributed by atoms with Crippen molar-refractivity contribution in [2.75, 3.05) is 6.61 Å². The van der Waals surface area contributed by atoms with Gasteiger partial charge >= 0.3 is 0 Å². The molecule has 0 spiro atoms. The maximum absolute atomic E-state index is 12.3. The Hall–Kier alpha value is -1.17. The number of carbonyl (C=O) groups is 1. The fourth-order valence-electron chi connectivity index (χ4n) is 5.76. The van der Waals surface area contributed by atoms with Gasteiger partial charge < -0.3 is 20.6 Å². The Balaban J connectivity index is 3.71. The molecule has 0 aliphatic heterocycles. The molecule has 4 N–H and O–H groups in total. The van der Waals surface area contributed by atoms with Crippen molar-refractivity contribution < 1.29 is 20.1 Å². The van der Waals surface area contributed by atoms with E-state index >= 15 is 0 Å². The topological polar surface area (TPSA) is 89.8 Å². The van der Waals surface area contributed by atoms with E-state index in [9.17, 15) is 20.1 Å². The molecule has 0 saturated heterocycles. The summed E-state index contributed by atoms with van der Waals surface area (Å²) in [5.41, 5.74) is 0. The number of nitrogens with one attached hydrogen (secondary N) is 1. The van der Waals surface area contributed by atoms with Crippen LogP contribution in [0.4, 0.5) is 0 Å². The average Bonchev–Trinajstić information content (AvgIpc) is 3.03. The monoisotopic (exact) mass is 622 g/mol. The Labute approximate surface area is 273 Å². The van der Waals surface area contributed by atoms with Gasteiger partial charge in [0.2, 0.25) is 5.91 Å². The van der Waals surface area contributed by atoms with E-state index < -0.39 is 18.2 Å². The highest BCUT2D eigenvalue weighted by molar-refractivity contribution is 5.76. The quantitative estimate of drug-likeness (QED) is 0.0425. The Morgan fingerprint density at radius 2 is 0.932 bits per heavy atom. The zero-order valence-corrected chi connectivity index (χ0v) is 29.3. The lowest BCUT2D eigenvalue weighted by Gasteiger charge is -2.26. The summed E-state index contributed by atoms with van der Waals surface area (Å²) in [7, 11) is 0. The molecule has 0 saturated carbocycles. The lowest BCUT2D eigenvalue weighted by atomic mass is 10.0. The molecule has 5 nitrogen and oxygen atoms in total. The van der Waals surface area contributed by atoms with Crippen molar-refractivity contribution in [1.82, 2.24) is 5.32 Å². The minimum atomic E-state index is -1.16. The highest BCUT2D eigenvalue weighted by Crippen LogP contribution is 2.14. The van der Waals surface area contributed by atoms with Gasteiger partial charge in [0, 0.05) is 6.42 Å². The van der Waals surface area contributed by atoms with Crippen molar-refractivity contribution >= 4 is 5.91 Å². The smallest absolute Gasteiger partial charge is 0.220 e. The van der Waals surface area contributed by atoms with E-state index in [2.05, 4.69) is 43.5 Å². The van der Waals surface area contributed by atoms with Crippen molar-refractivity contribution in [2.45, 2.75) is 212 Å². The SMILES string of the molecule is CCCCCCCCCCCCCC/C=C/CC/C=C/CCCC(O)C(O)C(CO)NC(=O)CCCCCCCCCCC. The molecule has 44 heavy (non-hydrogen) atoms. The summed E-state index contributed by atoms with van der Waals surface area (Å²) in [4.78, 5) is 12.3. The van der Waals surface area contributed by atoms with Crippen molar-refractivity contribution in [1.29, 1.82) is 0 Å². The van der Waals surface area contributed by atoms with Crippen LogP contribution in [-0.4, -0.2) is 46.1 Å². The maximum atomic E-state index is 12.3. The molecule has 0 heterocycles. The summed E-state index contributed by atoms with van der Waals surface area (Å²) in [5.74, 6) is -0.163. The van der Waals surface area contributed by atoms with Crippen LogP contribution in [0.3, 0.4) is 0 Å². The lowest BCUT2D eigenvalue weighted by molar-refractivity contribution is -0.124. The summed E-state index contributed by atoms with van der Waals surface area (Å²) in [6.07, 6.45) is 40.0. The third-order valence-corrected chi connectivity index (χ3v) is 8.79. The number of amides is 1. The minimum Gasteiger partial charge on any atom is -0.394 e. The molecular weight excluding hydrogens is 546 g/mol. The number of aliphatic hydroxyl groups is 3. The highest BCUT2D eigenvalue weighted by atomic mass is 16.3. The fraction of sp³-hybridized carbons (Fsp3) is 0.872. The van der Waals surface area contributed by atoms with Gasteiger partial charge in [-0.1, -0.05) is 160 Å². The summed E-state index contributed by atoms with van der Waals surface area (Å²) >= 11 is 0. The van der Waals surface area contributed by atoms with Crippen LogP contribution in [0.2, 0.25) is 0 Å². The summed E-state index contributed by atoms with van der Waals surface area (Å²) in [5, 5.41) is 33.3. The molecule has 3 unspecified atom stereocenters. The molecule has 260 valence electrons. The number of rotatable bonds is 34. The van der Waals surface area contributed by atoms with Crippen molar-refractivity contribution in [2.24, 2.45) is 0 Å². The van der Waals surface area contributed by atoms with Crippen LogP contribution in [0.1, 0.15) is 194 Å². The largest absolute Gasteiger partial charge is 0.394 e. The molecule has 0 bridgehead atoms. The number of hydrogen-bond donors (Lipinski definition) is 4. The van der Waals surface area contributed by atoms with Crippen molar-refractivity contribution in [3.8, 4) is 0 Å². The van der Waals surface area contributed by atoms with Crippen LogP contribution in [0.25, 0.3) is 0 Å². The van der Waals surface area contributed by atoms with E-state index in [0.717, 1.165) is 44.9 Å². The molecule has 0 aromatic heterocycles. The zero-order chi connectivity index (χ0) is 32.4. The average molecular weight is 622 g/mol. The molecule has 0 aromatic rings. The predicted octanol–water partition coefficient (Wildman–Crippen LogP) is 10.3. The Morgan fingerprint density at radius 1 is 0.545 bits per heavy atom. The van der Waals surface area contributed by atoms with Crippen molar-refractivity contribution in [3.63, 3.8) is 0 Å². The van der Waals surface area contributed by atoms with Crippen LogP contribution < -0.4 is 5.32 Å². The van der Waals surface area contributed by atoms with E-state index in [1.54, 1.807) is 0 Å². The third-order valence-electron chi connectivity index (χ3n) is 8.79. The van der Waals surface area contributed by atoms with Gasteiger partial charge in [0.15, 0.2) is 0 Å². The fourth-order valence-corrected chi connectivity index (χ4v) is 5.76. The van der Waals surface area contributed by atoms with Crippen LogP contribution >= 0.6 is 0 Å². The number of aliphatic hydroxyl groups excluding tert-OH is 3. The van der Waals surface area contributed by atoms with Crippen LogP contribution in [0.5, 0.6) is 0 Å². The molecule has 0 aliphatic rings. The second-order valence-corrected chi connectivity index (χ2v) is 13.1. The summed E-state index contributed by atoms with van der Waals surface area (Å²) in [6, 6.07) is -0.826. The van der Waals surface area contributed by atoms with Crippen molar-refractivity contribution in [3.05, 3.63) is 24.3 Å². The Bertz CT molecular complexity index is 650. The predicted molar refractivity (Wildman–Crippen MR) is 190 cm³/mol. The van der Waals surface area contributed by atoms with Gasteiger partial charge in [-0.15, -0.1) is 0 Å². The van der Waals surface area contributed by atoms with Crippen LogP contribution in [-0.2, 0) is 4.79 Å². The second-order valence-electron chi connectivity index (χ2n) is 13.1. The standard InChI is InChI=1S/C39H75NO4/c1-3-5-7-9-11-13-14-15-16-17-18-19-20-21-22-23-24-26-27-29-31-33-37(42)39(44)36(35-41)40-38(43)34-32-30-28-25-12-10-8-6-4-2/h21-22,26-27,36-37,39,41-42,44H,3-20,23-25,28-35H2,1-2H3,(H,40,43)/b22-21+,27-26+. The number of carbonyl (C=O) groups excluding carboxylic acids is 1. The number of hydrogen-bond acceptors (Lipinski definition) is 4. The molecule has 0 radical (unpaired) electrons. The molecule has 5 heteroatoms. The molecule has 0 aliphatic carbocycles. The third kappa shape index (κ3) is 29.5. The highest BCUT2D eigenvalue weighted by Gasteiger charge is 2.26. The maximum Gasteiger partial charge on any atom is 0.220 e. The van der Waals surface area contributed by atoms with Crippen LogP contribution in [0.15, 0.2) is 24.3 Å². The molecular formula is C39H75NO4. The summed E-state index contributed by atoms with van der Waals surface area (Å²) < 4.78 is 0. The molecule has 3 atom stereocenters. The first-order valence-electron chi connectivity index (χ1n) is 19.1. The molecule has 0 aromatic carbocycles. The van der Waals surface area contributed by atoms with Crippen LogP contribution in [0, 0.1) is 0 Å². The first-order valence-corrected chi connectivity index (χ1v) is 19.1. The Kier molecular flexibility index (Phi) is 33.8. The summed E-state index contributed by atoms with van der Waals surface area (Å²) in [6.45, 7) is 4.13. The second kappa shape index (κ2) is 34.7. The number of unbranched alkanes of at least 4 members (excludes halogenated alkanes) is 22. The normalized spacial score (nSPS) is 14.0. The van der Waals surface area contributed by atoms with Gasteiger partial charge in [-0.3, -0.25) is 4.79 Å². The van der Waals surface area contributed by atoms with Gasteiger partial charge in [0.1, 0.15) is 6.10 Å². The molecule has 0 fully saturated rings. The minimum absolute atomic E-state index is 0.163.